The first-order valence-corrected chi connectivity index (χ1v) is 9.32. The Morgan fingerprint density at radius 1 is 1.15 bits per heavy atom. The van der Waals surface area contributed by atoms with E-state index in [9.17, 15) is 8.42 Å². The fourth-order valence-electron chi connectivity index (χ4n) is 2.68. The Morgan fingerprint density at radius 3 is 2.25 bits per heavy atom. The Balaban J connectivity index is 2.26. The molecule has 0 amide bonds. The van der Waals surface area contributed by atoms with Crippen LogP contribution in [0.1, 0.15) is 44.7 Å². The van der Waals surface area contributed by atoms with Crippen LogP contribution >= 0.6 is 11.6 Å². The molecule has 0 radical (unpaired) electrons. The number of rotatable bonds is 4. The van der Waals surface area contributed by atoms with Crippen molar-refractivity contribution in [2.75, 3.05) is 13.1 Å². The zero-order chi connectivity index (χ0) is 14.6. The van der Waals surface area contributed by atoms with E-state index in [0.717, 1.165) is 37.9 Å². The van der Waals surface area contributed by atoms with Gasteiger partial charge in [0.15, 0.2) is 0 Å². The number of alkyl halides is 1. The summed E-state index contributed by atoms with van der Waals surface area (Å²) in [6.07, 6.45) is 7.08. The molecule has 1 aliphatic rings. The summed E-state index contributed by atoms with van der Waals surface area (Å²) in [6, 6.07) is 1.71. The third kappa shape index (κ3) is 3.38. The molecule has 0 atom stereocenters. The topological polar surface area (TPSA) is 42.3 Å². The molecule has 0 unspecified atom stereocenters. The van der Waals surface area contributed by atoms with Gasteiger partial charge < -0.3 is 4.57 Å². The van der Waals surface area contributed by atoms with Crippen LogP contribution in [0.5, 0.6) is 0 Å². The van der Waals surface area contributed by atoms with Gasteiger partial charge in [0.2, 0.25) is 10.0 Å². The maximum Gasteiger partial charge on any atom is 0.244 e. The SMILES string of the molecule is CCn1cc(S(=O)(=O)N2CCCCCCC2)cc1CCl. The van der Waals surface area contributed by atoms with Gasteiger partial charge in [-0.15, -0.1) is 11.6 Å². The van der Waals surface area contributed by atoms with Crippen LogP contribution in [0, 0.1) is 0 Å². The van der Waals surface area contributed by atoms with Crippen molar-refractivity contribution in [2.24, 2.45) is 0 Å². The van der Waals surface area contributed by atoms with Crippen LogP contribution < -0.4 is 0 Å². The van der Waals surface area contributed by atoms with Gasteiger partial charge in [-0.1, -0.05) is 19.3 Å². The summed E-state index contributed by atoms with van der Waals surface area (Å²) in [5, 5.41) is 0. The first-order chi connectivity index (χ1) is 9.59. The minimum Gasteiger partial charge on any atom is -0.349 e. The molecule has 6 heteroatoms. The number of halogens is 1. The number of aromatic nitrogens is 1. The quantitative estimate of drug-likeness (QED) is 0.800. The van der Waals surface area contributed by atoms with Crippen LogP contribution in [-0.2, 0) is 22.4 Å². The lowest BCUT2D eigenvalue weighted by atomic mass is 10.1. The second kappa shape index (κ2) is 6.96. The summed E-state index contributed by atoms with van der Waals surface area (Å²) in [4.78, 5) is 0.385. The third-order valence-electron chi connectivity index (χ3n) is 3.89. The van der Waals surface area contributed by atoms with E-state index in [0.29, 0.717) is 23.9 Å². The highest BCUT2D eigenvalue weighted by atomic mass is 35.5. The van der Waals surface area contributed by atoms with Gasteiger partial charge in [0.1, 0.15) is 4.90 Å². The molecule has 0 saturated carbocycles. The summed E-state index contributed by atoms with van der Waals surface area (Å²) < 4.78 is 29.0. The second-order valence-electron chi connectivity index (χ2n) is 5.26. The fraction of sp³-hybridized carbons (Fsp3) is 0.714. The lowest BCUT2D eigenvalue weighted by Crippen LogP contribution is -2.33. The summed E-state index contributed by atoms with van der Waals surface area (Å²) in [5.74, 6) is 0.337. The van der Waals surface area contributed by atoms with Crippen LogP contribution in [0.4, 0.5) is 0 Å². The smallest absolute Gasteiger partial charge is 0.244 e. The zero-order valence-electron chi connectivity index (χ0n) is 12.0. The molecule has 1 aromatic rings. The van der Waals surface area contributed by atoms with E-state index < -0.39 is 10.0 Å². The van der Waals surface area contributed by atoms with Gasteiger partial charge in [0.25, 0.3) is 0 Å². The third-order valence-corrected chi connectivity index (χ3v) is 6.03. The van der Waals surface area contributed by atoms with E-state index >= 15 is 0 Å². The maximum absolute atomic E-state index is 12.7. The van der Waals surface area contributed by atoms with Crippen molar-refractivity contribution >= 4 is 21.6 Å². The zero-order valence-corrected chi connectivity index (χ0v) is 13.6. The molecule has 1 fully saturated rings. The molecule has 2 heterocycles. The van der Waals surface area contributed by atoms with Crippen molar-refractivity contribution in [3.05, 3.63) is 18.0 Å². The van der Waals surface area contributed by atoms with Crippen LogP contribution in [-0.4, -0.2) is 30.4 Å². The van der Waals surface area contributed by atoms with E-state index in [-0.39, 0.29) is 0 Å². The minimum absolute atomic E-state index is 0.337. The number of sulfonamides is 1. The Morgan fingerprint density at radius 2 is 1.75 bits per heavy atom. The van der Waals surface area contributed by atoms with Crippen LogP contribution in [0.15, 0.2) is 17.2 Å². The van der Waals surface area contributed by atoms with Gasteiger partial charge in [0, 0.05) is 31.5 Å². The molecular weight excluding hydrogens is 296 g/mol. The standard InChI is InChI=1S/C14H23ClN2O2S/c1-2-16-12-14(10-13(16)11-15)20(18,19)17-8-6-4-3-5-7-9-17/h10,12H,2-9,11H2,1H3. The van der Waals surface area contributed by atoms with Crippen molar-refractivity contribution in [2.45, 2.75) is 56.3 Å². The predicted molar refractivity (Wildman–Crippen MR) is 81.5 cm³/mol. The van der Waals surface area contributed by atoms with Gasteiger partial charge in [0.05, 0.1) is 5.88 Å². The van der Waals surface area contributed by atoms with E-state index in [2.05, 4.69) is 0 Å². The summed E-state index contributed by atoms with van der Waals surface area (Å²) in [7, 11) is -3.37. The summed E-state index contributed by atoms with van der Waals surface area (Å²) in [5.41, 5.74) is 0.861. The van der Waals surface area contributed by atoms with Gasteiger partial charge in [-0.25, -0.2) is 8.42 Å². The molecule has 1 saturated heterocycles. The molecule has 1 aliphatic heterocycles. The lowest BCUT2D eigenvalue weighted by Gasteiger charge is -2.23. The Labute approximate surface area is 126 Å². The summed E-state index contributed by atoms with van der Waals surface area (Å²) >= 11 is 5.88. The number of hydrogen-bond donors (Lipinski definition) is 0. The molecule has 0 bridgehead atoms. The summed E-state index contributed by atoms with van der Waals surface area (Å²) in [6.45, 7) is 3.99. The molecule has 20 heavy (non-hydrogen) atoms. The van der Waals surface area contributed by atoms with E-state index in [4.69, 9.17) is 11.6 Å². The molecule has 2 rings (SSSR count). The highest BCUT2D eigenvalue weighted by molar-refractivity contribution is 7.89. The van der Waals surface area contributed by atoms with Gasteiger partial charge in [-0.05, 0) is 25.8 Å². The minimum atomic E-state index is -3.37. The van der Waals surface area contributed by atoms with Gasteiger partial charge >= 0.3 is 0 Å². The van der Waals surface area contributed by atoms with Crippen LogP contribution in [0.25, 0.3) is 0 Å². The Hall–Kier alpha value is -0.520. The molecule has 114 valence electrons. The lowest BCUT2D eigenvalue weighted by molar-refractivity contribution is 0.364. The average molecular weight is 319 g/mol. The van der Waals surface area contributed by atoms with Crippen LogP contribution in [0.3, 0.4) is 0 Å². The molecule has 0 spiro atoms. The number of nitrogens with zero attached hydrogens (tertiary/aromatic N) is 2. The largest absolute Gasteiger partial charge is 0.349 e. The van der Waals surface area contributed by atoms with E-state index in [1.165, 1.54) is 6.42 Å². The van der Waals surface area contributed by atoms with E-state index in [1.54, 1.807) is 16.6 Å². The average Bonchev–Trinajstić information content (AvgIpc) is 2.81. The van der Waals surface area contributed by atoms with Gasteiger partial charge in [-0.3, -0.25) is 0 Å². The highest BCUT2D eigenvalue weighted by Gasteiger charge is 2.26. The first-order valence-electron chi connectivity index (χ1n) is 7.34. The molecule has 0 aliphatic carbocycles. The first kappa shape index (κ1) is 15.9. The van der Waals surface area contributed by atoms with Crippen molar-refractivity contribution in [3.63, 3.8) is 0 Å². The predicted octanol–water partition coefficient (Wildman–Crippen LogP) is 3.20. The fourth-order valence-corrected chi connectivity index (χ4v) is 4.49. The van der Waals surface area contributed by atoms with Crippen LogP contribution in [0.2, 0.25) is 0 Å². The molecule has 4 nitrogen and oxygen atoms in total. The molecule has 0 aromatic carbocycles. The maximum atomic E-state index is 12.7. The normalized spacial score (nSPS) is 18.7. The Bertz CT molecular complexity index is 510. The monoisotopic (exact) mass is 318 g/mol. The van der Waals surface area contributed by atoms with E-state index in [1.807, 2.05) is 11.5 Å². The second-order valence-corrected chi connectivity index (χ2v) is 7.46. The van der Waals surface area contributed by atoms with Crippen molar-refractivity contribution in [3.8, 4) is 0 Å². The number of hydrogen-bond acceptors (Lipinski definition) is 2. The van der Waals surface area contributed by atoms with Gasteiger partial charge in [-0.2, -0.15) is 4.31 Å². The molecule has 1 aromatic heterocycles. The highest BCUT2D eigenvalue weighted by Crippen LogP contribution is 2.23. The van der Waals surface area contributed by atoms with Crippen molar-refractivity contribution in [1.82, 2.24) is 8.87 Å². The van der Waals surface area contributed by atoms with Crippen molar-refractivity contribution in [1.29, 1.82) is 0 Å². The Kier molecular flexibility index (Phi) is 5.52. The molecular formula is C14H23ClN2O2S. The number of aryl methyl sites for hydroxylation is 1. The van der Waals surface area contributed by atoms with Crippen molar-refractivity contribution < 1.29 is 8.42 Å². The molecule has 0 N–H and O–H groups in total.